The van der Waals surface area contributed by atoms with Gasteiger partial charge in [-0.25, -0.2) is 4.79 Å². The highest BCUT2D eigenvalue weighted by atomic mass is 35.5. The molecule has 0 saturated heterocycles. The molecule has 0 fully saturated rings. The minimum absolute atomic E-state index is 0.0798. The fourth-order valence-electron chi connectivity index (χ4n) is 3.39. The molecule has 0 spiro atoms. The van der Waals surface area contributed by atoms with Gasteiger partial charge >= 0.3 is 6.03 Å². The minimum atomic E-state index is -0.0798. The highest BCUT2D eigenvalue weighted by Gasteiger charge is 2.21. The second-order valence-electron chi connectivity index (χ2n) is 6.19. The zero-order valence-electron chi connectivity index (χ0n) is 13.4. The molecule has 2 aromatic carbocycles. The molecule has 2 heterocycles. The van der Waals surface area contributed by atoms with Crippen molar-refractivity contribution in [1.82, 2.24) is 9.47 Å². The number of anilines is 1. The Hall–Kier alpha value is -2.46. The number of urea groups is 1. The fraction of sp³-hybridized carbons (Fsp3) is 0.211. The predicted octanol–water partition coefficient (Wildman–Crippen LogP) is 4.42. The van der Waals surface area contributed by atoms with Crippen molar-refractivity contribution in [1.29, 1.82) is 0 Å². The SMILES string of the molecule is Cn1cc2c3c(cccc31)CN(C(=O)Nc1ccc(Cl)cc1)CC2. The van der Waals surface area contributed by atoms with Crippen molar-refractivity contribution >= 4 is 34.2 Å². The molecule has 0 atom stereocenters. The summed E-state index contributed by atoms with van der Waals surface area (Å²) in [5.74, 6) is 0. The molecule has 0 radical (unpaired) electrons. The van der Waals surface area contributed by atoms with Crippen molar-refractivity contribution in [3.8, 4) is 0 Å². The number of hydrogen-bond donors (Lipinski definition) is 1. The predicted molar refractivity (Wildman–Crippen MR) is 97.5 cm³/mol. The van der Waals surface area contributed by atoms with Gasteiger partial charge < -0.3 is 14.8 Å². The Kier molecular flexibility index (Phi) is 3.69. The Morgan fingerprint density at radius 3 is 2.71 bits per heavy atom. The number of rotatable bonds is 1. The molecular weight excluding hydrogens is 322 g/mol. The molecule has 122 valence electrons. The maximum absolute atomic E-state index is 12.6. The van der Waals surface area contributed by atoms with Gasteiger partial charge in [0.15, 0.2) is 0 Å². The van der Waals surface area contributed by atoms with Crippen molar-refractivity contribution in [3.05, 3.63) is 64.8 Å². The lowest BCUT2D eigenvalue weighted by atomic mass is 10.1. The second kappa shape index (κ2) is 5.87. The third-order valence-electron chi connectivity index (χ3n) is 4.57. The molecule has 24 heavy (non-hydrogen) atoms. The summed E-state index contributed by atoms with van der Waals surface area (Å²) in [4.78, 5) is 14.5. The summed E-state index contributed by atoms with van der Waals surface area (Å²) in [5, 5.41) is 4.90. The molecule has 1 N–H and O–H groups in total. The van der Waals surface area contributed by atoms with Gasteiger partial charge in [0.25, 0.3) is 0 Å². The highest BCUT2D eigenvalue weighted by molar-refractivity contribution is 6.30. The van der Waals surface area contributed by atoms with E-state index in [9.17, 15) is 4.79 Å². The molecule has 0 aliphatic carbocycles. The summed E-state index contributed by atoms with van der Waals surface area (Å²) >= 11 is 5.89. The van der Waals surface area contributed by atoms with Crippen LogP contribution in [-0.4, -0.2) is 22.0 Å². The Morgan fingerprint density at radius 2 is 1.92 bits per heavy atom. The topological polar surface area (TPSA) is 37.3 Å². The number of benzene rings is 2. The lowest BCUT2D eigenvalue weighted by Gasteiger charge is -2.21. The maximum Gasteiger partial charge on any atom is 0.322 e. The van der Waals surface area contributed by atoms with Gasteiger partial charge in [-0.1, -0.05) is 23.7 Å². The molecule has 1 aromatic heterocycles. The number of amides is 2. The fourth-order valence-corrected chi connectivity index (χ4v) is 3.52. The summed E-state index contributed by atoms with van der Waals surface area (Å²) in [7, 11) is 2.07. The molecule has 5 heteroatoms. The monoisotopic (exact) mass is 339 g/mol. The van der Waals surface area contributed by atoms with E-state index >= 15 is 0 Å². The van der Waals surface area contributed by atoms with E-state index < -0.39 is 0 Å². The van der Waals surface area contributed by atoms with E-state index in [1.165, 1.54) is 22.0 Å². The van der Waals surface area contributed by atoms with Gasteiger partial charge in [-0.2, -0.15) is 0 Å². The second-order valence-corrected chi connectivity index (χ2v) is 6.62. The van der Waals surface area contributed by atoms with Gasteiger partial charge in [0, 0.05) is 47.9 Å². The van der Waals surface area contributed by atoms with Crippen molar-refractivity contribution in [3.63, 3.8) is 0 Å². The molecular formula is C19H18ClN3O. The quantitative estimate of drug-likeness (QED) is 0.700. The molecule has 0 unspecified atom stereocenters. The van der Waals surface area contributed by atoms with E-state index in [1.807, 2.05) is 17.0 Å². The summed E-state index contributed by atoms with van der Waals surface area (Å²) in [6.45, 7) is 1.32. The van der Waals surface area contributed by atoms with Gasteiger partial charge in [-0.05, 0) is 47.9 Å². The van der Waals surface area contributed by atoms with Gasteiger partial charge in [0.05, 0.1) is 0 Å². The number of hydrogen-bond acceptors (Lipinski definition) is 1. The van der Waals surface area contributed by atoms with Crippen LogP contribution in [0.15, 0.2) is 48.7 Å². The first-order valence-electron chi connectivity index (χ1n) is 7.99. The molecule has 0 saturated carbocycles. The van der Waals surface area contributed by atoms with Crippen LogP contribution in [0.1, 0.15) is 11.1 Å². The summed E-state index contributed by atoms with van der Waals surface area (Å²) in [6, 6.07) is 13.4. The van der Waals surface area contributed by atoms with E-state index in [0.717, 1.165) is 12.1 Å². The van der Waals surface area contributed by atoms with Crippen molar-refractivity contribution < 1.29 is 4.79 Å². The normalized spacial score (nSPS) is 13.8. The van der Waals surface area contributed by atoms with E-state index in [1.54, 1.807) is 12.1 Å². The highest BCUT2D eigenvalue weighted by Crippen LogP contribution is 2.29. The number of halogens is 1. The van der Waals surface area contributed by atoms with Crippen LogP contribution in [0.25, 0.3) is 10.9 Å². The maximum atomic E-state index is 12.6. The van der Waals surface area contributed by atoms with Crippen LogP contribution >= 0.6 is 11.6 Å². The van der Waals surface area contributed by atoms with Gasteiger partial charge in [0.1, 0.15) is 0 Å². The number of carbonyl (C=O) groups excluding carboxylic acids is 1. The first-order valence-corrected chi connectivity index (χ1v) is 8.37. The zero-order chi connectivity index (χ0) is 16.7. The number of nitrogens with zero attached hydrogens (tertiary/aromatic N) is 2. The van der Waals surface area contributed by atoms with E-state index in [2.05, 4.69) is 41.3 Å². The summed E-state index contributed by atoms with van der Waals surface area (Å²) < 4.78 is 2.16. The van der Waals surface area contributed by atoms with E-state index in [4.69, 9.17) is 11.6 Å². The van der Waals surface area contributed by atoms with Crippen LogP contribution in [0, 0.1) is 0 Å². The third-order valence-corrected chi connectivity index (χ3v) is 4.83. The average Bonchev–Trinajstić information content (AvgIpc) is 2.78. The Balaban J connectivity index is 1.59. The van der Waals surface area contributed by atoms with E-state index in [-0.39, 0.29) is 6.03 Å². The minimum Gasteiger partial charge on any atom is -0.350 e. The molecule has 2 amide bonds. The Morgan fingerprint density at radius 1 is 1.12 bits per heavy atom. The standard InChI is InChI=1S/C19H18ClN3O/c1-22-11-14-9-10-23(12-13-3-2-4-17(22)18(13)14)19(24)21-16-7-5-15(20)6-8-16/h2-8,11H,9-10,12H2,1H3,(H,21,24). The van der Waals surface area contributed by atoms with E-state index in [0.29, 0.717) is 18.1 Å². The van der Waals surface area contributed by atoms with Crippen molar-refractivity contribution in [2.45, 2.75) is 13.0 Å². The zero-order valence-corrected chi connectivity index (χ0v) is 14.2. The summed E-state index contributed by atoms with van der Waals surface area (Å²) in [6.07, 6.45) is 3.04. The van der Waals surface area contributed by atoms with Gasteiger partial charge in [0.2, 0.25) is 0 Å². The summed E-state index contributed by atoms with van der Waals surface area (Å²) in [5.41, 5.74) is 4.49. The van der Waals surface area contributed by atoms with Crippen LogP contribution in [0.4, 0.5) is 10.5 Å². The largest absolute Gasteiger partial charge is 0.350 e. The van der Waals surface area contributed by atoms with Gasteiger partial charge in [-0.3, -0.25) is 0 Å². The number of aromatic nitrogens is 1. The van der Waals surface area contributed by atoms with Crippen molar-refractivity contribution in [2.75, 3.05) is 11.9 Å². The molecule has 4 nitrogen and oxygen atoms in total. The molecule has 0 bridgehead atoms. The lowest BCUT2D eigenvalue weighted by molar-refractivity contribution is 0.210. The molecule has 1 aliphatic heterocycles. The van der Waals surface area contributed by atoms with Crippen LogP contribution in [0.3, 0.4) is 0 Å². The van der Waals surface area contributed by atoms with Crippen LogP contribution in [-0.2, 0) is 20.0 Å². The molecule has 4 rings (SSSR count). The Bertz CT molecular complexity index is 914. The smallest absolute Gasteiger partial charge is 0.322 e. The van der Waals surface area contributed by atoms with Crippen LogP contribution in [0.2, 0.25) is 5.02 Å². The van der Waals surface area contributed by atoms with Crippen LogP contribution in [0.5, 0.6) is 0 Å². The average molecular weight is 340 g/mol. The number of carbonyl (C=O) groups is 1. The molecule has 1 aliphatic rings. The Labute approximate surface area is 145 Å². The molecule has 3 aromatic rings. The first kappa shape index (κ1) is 15.1. The first-order chi connectivity index (χ1) is 11.6. The number of nitrogens with one attached hydrogen (secondary N) is 1. The number of aryl methyl sites for hydroxylation is 1. The van der Waals surface area contributed by atoms with Gasteiger partial charge in [-0.15, -0.1) is 0 Å². The lowest BCUT2D eigenvalue weighted by Crippen LogP contribution is -2.35. The third kappa shape index (κ3) is 2.63. The van der Waals surface area contributed by atoms with Crippen LogP contribution < -0.4 is 5.32 Å². The van der Waals surface area contributed by atoms with Crippen molar-refractivity contribution in [2.24, 2.45) is 7.05 Å².